The third-order valence-electron chi connectivity index (χ3n) is 2.98. The molecule has 22 heavy (non-hydrogen) atoms. The average Bonchev–Trinajstić information content (AvgIpc) is 3.16. The summed E-state index contributed by atoms with van der Waals surface area (Å²) < 4.78 is 5.33. The number of aliphatic carboxylic acids is 1. The molecule has 0 aliphatic carbocycles. The van der Waals surface area contributed by atoms with Gasteiger partial charge >= 0.3 is 5.97 Å². The molecule has 2 heterocycles. The van der Waals surface area contributed by atoms with Crippen molar-refractivity contribution in [2.45, 2.75) is 18.8 Å². The maximum Gasteiger partial charge on any atom is 0.304 e. The van der Waals surface area contributed by atoms with Gasteiger partial charge in [-0.3, -0.25) is 9.59 Å². The normalized spacial score (nSPS) is 17.5. The number of carbonyl (C=O) groups is 2. The van der Waals surface area contributed by atoms with Crippen LogP contribution in [0.4, 0.5) is 0 Å². The summed E-state index contributed by atoms with van der Waals surface area (Å²) in [6.45, 7) is 2.02. The highest BCUT2D eigenvalue weighted by Gasteiger charge is 2.22. The van der Waals surface area contributed by atoms with Gasteiger partial charge in [0, 0.05) is 30.6 Å². The van der Waals surface area contributed by atoms with Crippen LogP contribution in [0.5, 0.6) is 0 Å². The highest BCUT2D eigenvalue weighted by atomic mass is 33.1. The number of thiazole rings is 1. The van der Waals surface area contributed by atoms with Crippen LogP contribution in [0.1, 0.15) is 33.4 Å². The summed E-state index contributed by atoms with van der Waals surface area (Å²) in [5, 5.41) is 12.3. The number of carboxylic acid groups (broad SMARTS) is 1. The lowest BCUT2D eigenvalue weighted by Crippen LogP contribution is -2.24. The highest BCUT2D eigenvalue weighted by molar-refractivity contribution is 8.76. The van der Waals surface area contributed by atoms with Crippen molar-refractivity contribution in [2.75, 3.05) is 31.3 Å². The van der Waals surface area contributed by atoms with Crippen LogP contribution in [0.25, 0.3) is 0 Å². The lowest BCUT2D eigenvalue weighted by atomic mass is 10.1. The fraction of sp³-hybridized carbons (Fsp3) is 0.615. The zero-order valence-corrected chi connectivity index (χ0v) is 14.4. The lowest BCUT2D eigenvalue weighted by Gasteiger charge is -2.03. The van der Waals surface area contributed by atoms with Gasteiger partial charge in [0.1, 0.15) is 4.88 Å². The first-order chi connectivity index (χ1) is 10.7. The number of hydrogen-bond donors (Lipinski definition) is 2. The van der Waals surface area contributed by atoms with Crippen molar-refractivity contribution in [3.63, 3.8) is 0 Å². The van der Waals surface area contributed by atoms with Crippen molar-refractivity contribution in [1.82, 2.24) is 10.3 Å². The fourth-order valence-electron chi connectivity index (χ4n) is 1.85. The molecule has 1 atom stereocenters. The molecule has 0 saturated carbocycles. The minimum absolute atomic E-state index is 0.0983. The van der Waals surface area contributed by atoms with E-state index in [1.54, 1.807) is 17.0 Å². The zero-order valence-electron chi connectivity index (χ0n) is 11.9. The molecule has 2 N–H and O–H groups in total. The van der Waals surface area contributed by atoms with E-state index in [0.29, 0.717) is 29.7 Å². The Bertz CT molecular complexity index is 503. The molecule has 1 aliphatic rings. The molecule has 1 aromatic rings. The van der Waals surface area contributed by atoms with Crippen LogP contribution in [0.15, 0.2) is 6.20 Å². The van der Waals surface area contributed by atoms with Gasteiger partial charge in [-0.1, -0.05) is 21.6 Å². The first kappa shape index (κ1) is 17.6. The molecule has 1 aromatic heterocycles. The van der Waals surface area contributed by atoms with Crippen LogP contribution in [-0.2, 0) is 9.53 Å². The van der Waals surface area contributed by atoms with Crippen LogP contribution >= 0.6 is 32.9 Å². The molecular formula is C13H18N2O4S3. The van der Waals surface area contributed by atoms with E-state index in [1.807, 2.05) is 0 Å². The molecule has 0 spiro atoms. The minimum Gasteiger partial charge on any atom is -0.481 e. The molecule has 2 rings (SSSR count). The fourth-order valence-corrected chi connectivity index (χ4v) is 4.69. The second-order valence-corrected chi connectivity index (χ2v) is 8.43. The number of rotatable bonds is 9. The Kier molecular flexibility index (Phi) is 7.50. The van der Waals surface area contributed by atoms with Crippen molar-refractivity contribution in [1.29, 1.82) is 0 Å². The summed E-state index contributed by atoms with van der Waals surface area (Å²) in [4.78, 5) is 27.3. The molecule has 1 amide bonds. The van der Waals surface area contributed by atoms with E-state index in [9.17, 15) is 9.59 Å². The first-order valence-electron chi connectivity index (χ1n) is 6.94. The van der Waals surface area contributed by atoms with Gasteiger partial charge in [-0.2, -0.15) is 0 Å². The van der Waals surface area contributed by atoms with Crippen molar-refractivity contribution in [3.05, 3.63) is 16.1 Å². The number of ether oxygens (including phenoxy) is 1. The van der Waals surface area contributed by atoms with E-state index in [-0.39, 0.29) is 12.3 Å². The quantitative estimate of drug-likeness (QED) is 0.514. The number of carbonyl (C=O) groups excluding carboxylic acids is 1. The number of nitrogens with one attached hydrogen (secondary N) is 1. The first-order valence-corrected chi connectivity index (χ1v) is 10.2. The highest BCUT2D eigenvalue weighted by Crippen LogP contribution is 2.28. The summed E-state index contributed by atoms with van der Waals surface area (Å²) in [7, 11) is 3.08. The molecule has 1 unspecified atom stereocenters. The van der Waals surface area contributed by atoms with Crippen LogP contribution in [0.2, 0.25) is 0 Å². The lowest BCUT2D eigenvalue weighted by molar-refractivity contribution is -0.136. The molecule has 1 saturated heterocycles. The Morgan fingerprint density at radius 2 is 2.27 bits per heavy atom. The number of hydrogen-bond acceptors (Lipinski definition) is 7. The van der Waals surface area contributed by atoms with Crippen LogP contribution in [-0.4, -0.2) is 53.2 Å². The van der Waals surface area contributed by atoms with E-state index >= 15 is 0 Å². The van der Waals surface area contributed by atoms with Crippen molar-refractivity contribution in [2.24, 2.45) is 0 Å². The van der Waals surface area contributed by atoms with E-state index < -0.39 is 5.97 Å². The Morgan fingerprint density at radius 1 is 1.45 bits per heavy atom. The Morgan fingerprint density at radius 3 is 3.00 bits per heavy atom. The summed E-state index contributed by atoms with van der Waals surface area (Å²) in [5.41, 5.74) is 0. The van der Waals surface area contributed by atoms with Crippen molar-refractivity contribution >= 4 is 44.8 Å². The predicted molar refractivity (Wildman–Crippen MR) is 89.8 cm³/mol. The molecule has 0 radical (unpaired) electrons. The minimum atomic E-state index is -0.782. The van der Waals surface area contributed by atoms with Gasteiger partial charge in [-0.15, -0.1) is 11.3 Å². The van der Waals surface area contributed by atoms with Gasteiger partial charge < -0.3 is 15.2 Å². The molecule has 122 valence electrons. The van der Waals surface area contributed by atoms with E-state index in [4.69, 9.17) is 9.84 Å². The summed E-state index contributed by atoms with van der Waals surface area (Å²) in [6, 6.07) is 0. The van der Waals surface area contributed by atoms with E-state index in [0.717, 1.165) is 23.8 Å². The topological polar surface area (TPSA) is 88.5 Å². The van der Waals surface area contributed by atoms with Gasteiger partial charge in [-0.25, -0.2) is 4.98 Å². The maximum atomic E-state index is 12.0. The van der Waals surface area contributed by atoms with Crippen LogP contribution < -0.4 is 5.32 Å². The SMILES string of the molecule is O=C(O)CCSSCCNC(=O)c1cnc(C2CCOC2)s1. The molecular weight excluding hydrogens is 344 g/mol. The van der Waals surface area contributed by atoms with Crippen LogP contribution in [0.3, 0.4) is 0 Å². The van der Waals surface area contributed by atoms with Crippen molar-refractivity contribution in [3.8, 4) is 0 Å². The molecule has 1 fully saturated rings. The Balaban J connectivity index is 1.62. The number of nitrogens with zero attached hydrogens (tertiary/aromatic N) is 1. The third kappa shape index (κ3) is 5.79. The molecule has 9 heteroatoms. The predicted octanol–water partition coefficient (Wildman–Crippen LogP) is 2.23. The molecule has 6 nitrogen and oxygen atoms in total. The monoisotopic (exact) mass is 362 g/mol. The molecule has 1 aliphatic heterocycles. The third-order valence-corrected chi connectivity index (χ3v) is 6.55. The number of aromatic nitrogens is 1. The number of carboxylic acids is 1. The second-order valence-electron chi connectivity index (χ2n) is 4.67. The summed E-state index contributed by atoms with van der Waals surface area (Å²) in [6.07, 6.45) is 2.76. The van der Waals surface area contributed by atoms with E-state index in [2.05, 4.69) is 10.3 Å². The molecule has 0 aromatic carbocycles. The van der Waals surface area contributed by atoms with Gasteiger partial charge in [0.15, 0.2) is 0 Å². The smallest absolute Gasteiger partial charge is 0.304 e. The average molecular weight is 362 g/mol. The van der Waals surface area contributed by atoms with Crippen molar-refractivity contribution < 1.29 is 19.4 Å². The largest absolute Gasteiger partial charge is 0.481 e. The Hall–Kier alpha value is -0.770. The maximum absolute atomic E-state index is 12.0. The summed E-state index contributed by atoms with van der Waals surface area (Å²) >= 11 is 1.43. The van der Waals surface area contributed by atoms with Gasteiger partial charge in [0.05, 0.1) is 24.2 Å². The Labute approximate surface area is 140 Å². The molecule has 0 bridgehead atoms. The summed E-state index contributed by atoms with van der Waals surface area (Å²) in [5.74, 6) is 0.773. The zero-order chi connectivity index (χ0) is 15.8. The van der Waals surface area contributed by atoms with Crippen LogP contribution in [0, 0.1) is 0 Å². The van der Waals surface area contributed by atoms with Gasteiger partial charge in [-0.05, 0) is 6.42 Å². The number of amides is 1. The van der Waals surface area contributed by atoms with Gasteiger partial charge in [0.25, 0.3) is 5.91 Å². The standard InChI is InChI=1S/C13H18N2O4S3/c16-11(17)2-5-20-21-6-3-14-12(18)10-7-15-13(22-10)9-1-4-19-8-9/h7,9H,1-6,8H2,(H,14,18)(H,16,17). The second kappa shape index (κ2) is 9.39. The van der Waals surface area contributed by atoms with E-state index in [1.165, 1.54) is 22.1 Å². The van der Waals surface area contributed by atoms with Gasteiger partial charge in [0.2, 0.25) is 0 Å².